The van der Waals surface area contributed by atoms with Crippen molar-refractivity contribution in [2.24, 2.45) is 0 Å². The Labute approximate surface area is 218 Å². The smallest absolute Gasteiger partial charge is 0.269 e. The molecule has 0 radical (unpaired) electrons. The summed E-state index contributed by atoms with van der Waals surface area (Å²) in [7, 11) is 0. The summed E-state index contributed by atoms with van der Waals surface area (Å²) in [5, 5.41) is 4.32. The van der Waals surface area contributed by atoms with Gasteiger partial charge in [0.15, 0.2) is 0 Å². The van der Waals surface area contributed by atoms with Crippen LogP contribution in [0.3, 0.4) is 0 Å². The number of amides is 3. The predicted octanol–water partition coefficient (Wildman–Crippen LogP) is 4.92. The zero-order valence-corrected chi connectivity index (χ0v) is 21.0. The molecule has 1 saturated heterocycles. The fraction of sp³-hybridized carbons (Fsp3) is 0.0833. The van der Waals surface area contributed by atoms with Gasteiger partial charge in [0.25, 0.3) is 11.8 Å². The van der Waals surface area contributed by atoms with Crippen molar-refractivity contribution in [2.75, 3.05) is 10.2 Å². The van der Waals surface area contributed by atoms with E-state index >= 15 is 0 Å². The van der Waals surface area contributed by atoms with Gasteiger partial charge >= 0.3 is 0 Å². The lowest BCUT2D eigenvalue weighted by atomic mass is 10.1. The molecular weight excluding hydrogens is 559 g/mol. The van der Waals surface area contributed by atoms with E-state index in [0.29, 0.717) is 16.4 Å². The van der Waals surface area contributed by atoms with E-state index in [4.69, 9.17) is 23.8 Å². The molecule has 2 N–H and O–H groups in total. The minimum atomic E-state index is -1.13. The number of halogens is 3. The van der Waals surface area contributed by atoms with Gasteiger partial charge in [-0.25, -0.2) is 9.40 Å². The fourth-order valence-corrected chi connectivity index (χ4v) is 4.35. The molecule has 0 bridgehead atoms. The van der Waals surface area contributed by atoms with Crippen molar-refractivity contribution in [3.05, 3.63) is 93.7 Å². The lowest BCUT2D eigenvalue weighted by Gasteiger charge is -2.24. The van der Waals surface area contributed by atoms with Crippen molar-refractivity contribution in [3.8, 4) is 0 Å². The van der Waals surface area contributed by atoms with Crippen LogP contribution in [0.5, 0.6) is 0 Å². The van der Waals surface area contributed by atoms with E-state index < -0.39 is 29.6 Å². The molecule has 1 aliphatic rings. The van der Waals surface area contributed by atoms with Gasteiger partial charge in [0, 0.05) is 20.7 Å². The number of nitrogens with one attached hydrogen (secondary N) is 2. The van der Waals surface area contributed by atoms with Crippen LogP contribution in [0, 0.1) is 5.82 Å². The van der Waals surface area contributed by atoms with Crippen molar-refractivity contribution in [3.63, 3.8) is 0 Å². The van der Waals surface area contributed by atoms with Gasteiger partial charge in [0.1, 0.15) is 11.9 Å². The van der Waals surface area contributed by atoms with Gasteiger partial charge in [-0.3, -0.25) is 24.7 Å². The molecule has 3 aromatic rings. The van der Waals surface area contributed by atoms with E-state index in [-0.39, 0.29) is 17.1 Å². The Kier molecular flexibility index (Phi) is 7.44. The highest BCUT2D eigenvalue weighted by Crippen LogP contribution is 2.27. The minimum absolute atomic E-state index is 0.0517. The predicted molar refractivity (Wildman–Crippen MR) is 138 cm³/mol. The third-order valence-electron chi connectivity index (χ3n) is 5.11. The van der Waals surface area contributed by atoms with Gasteiger partial charge in [0.2, 0.25) is 11.0 Å². The molecule has 3 amide bonds. The van der Waals surface area contributed by atoms with Crippen LogP contribution in [0.2, 0.25) is 5.02 Å². The SMILES string of the molecule is O=C(CC1C(=O)N(c2ccc(F)cc2)C(=S)N1NC(=O)c1ccc(Cl)cc1)Nc1cccc(Br)c1. The molecule has 0 saturated carbocycles. The second kappa shape index (κ2) is 10.5. The number of carbonyl (C=O) groups is 3. The summed E-state index contributed by atoms with van der Waals surface area (Å²) in [5.41, 5.74) is 3.74. The summed E-state index contributed by atoms with van der Waals surface area (Å²) in [6.07, 6.45) is -0.302. The number of thiocarbonyl (C=S) groups is 1. The molecule has 1 aliphatic heterocycles. The first-order valence-corrected chi connectivity index (χ1v) is 11.9. The van der Waals surface area contributed by atoms with E-state index in [1.807, 2.05) is 6.07 Å². The normalized spacial score (nSPS) is 15.3. The first-order chi connectivity index (χ1) is 16.7. The van der Waals surface area contributed by atoms with Crippen LogP contribution in [0.15, 0.2) is 77.3 Å². The quantitative estimate of drug-likeness (QED) is 0.408. The Bertz CT molecular complexity index is 1310. The molecular formula is C24H17BrClFN4O3S. The molecule has 0 spiro atoms. The molecule has 1 fully saturated rings. The Morgan fingerprint density at radius 2 is 1.74 bits per heavy atom. The first-order valence-electron chi connectivity index (χ1n) is 10.3. The Morgan fingerprint density at radius 3 is 2.40 bits per heavy atom. The van der Waals surface area contributed by atoms with Crippen LogP contribution in [-0.4, -0.2) is 33.9 Å². The molecule has 0 aliphatic carbocycles. The van der Waals surface area contributed by atoms with E-state index in [9.17, 15) is 18.8 Å². The highest BCUT2D eigenvalue weighted by molar-refractivity contribution is 9.10. The monoisotopic (exact) mass is 574 g/mol. The second-order valence-electron chi connectivity index (χ2n) is 7.53. The van der Waals surface area contributed by atoms with Gasteiger partial charge in [-0.05, 0) is 78.9 Å². The van der Waals surface area contributed by atoms with Gasteiger partial charge < -0.3 is 5.32 Å². The van der Waals surface area contributed by atoms with Crippen molar-refractivity contribution < 1.29 is 18.8 Å². The van der Waals surface area contributed by atoms with Gasteiger partial charge in [-0.1, -0.05) is 33.6 Å². The summed E-state index contributed by atoms with van der Waals surface area (Å²) in [6.45, 7) is 0. The van der Waals surface area contributed by atoms with Crippen molar-refractivity contribution >= 4 is 74.0 Å². The van der Waals surface area contributed by atoms with E-state index in [1.165, 1.54) is 41.4 Å². The zero-order chi connectivity index (χ0) is 25.1. The number of hydrogen-bond donors (Lipinski definition) is 2. The van der Waals surface area contributed by atoms with E-state index in [0.717, 1.165) is 9.37 Å². The molecule has 1 atom stereocenters. The van der Waals surface area contributed by atoms with Crippen LogP contribution >= 0.6 is 39.7 Å². The van der Waals surface area contributed by atoms with Gasteiger partial charge in [0.05, 0.1) is 12.1 Å². The van der Waals surface area contributed by atoms with Crippen molar-refractivity contribution in [1.82, 2.24) is 10.4 Å². The van der Waals surface area contributed by atoms with Crippen LogP contribution in [0.1, 0.15) is 16.8 Å². The third kappa shape index (κ3) is 5.67. The summed E-state index contributed by atoms with van der Waals surface area (Å²) in [5.74, 6) is -2.03. The molecule has 1 heterocycles. The lowest BCUT2D eigenvalue weighted by Crippen LogP contribution is -2.49. The number of anilines is 2. The highest BCUT2D eigenvalue weighted by atomic mass is 79.9. The number of rotatable bonds is 6. The largest absolute Gasteiger partial charge is 0.326 e. The molecule has 178 valence electrons. The summed E-state index contributed by atoms with van der Waals surface area (Å²) in [6, 6.07) is 17.2. The number of benzene rings is 3. The number of nitrogens with zero attached hydrogens (tertiary/aromatic N) is 2. The molecule has 0 aromatic heterocycles. The summed E-state index contributed by atoms with van der Waals surface area (Å²) in [4.78, 5) is 40.2. The summed E-state index contributed by atoms with van der Waals surface area (Å²) >= 11 is 14.7. The number of hydrogen-bond acceptors (Lipinski definition) is 4. The maximum atomic E-state index is 13.4. The topological polar surface area (TPSA) is 81.8 Å². The third-order valence-corrected chi connectivity index (χ3v) is 6.24. The Balaban J connectivity index is 1.60. The Hall–Kier alpha value is -3.34. The Morgan fingerprint density at radius 1 is 1.06 bits per heavy atom. The van der Waals surface area contributed by atoms with Crippen LogP contribution < -0.4 is 15.6 Å². The first kappa shape index (κ1) is 24.8. The average molecular weight is 576 g/mol. The van der Waals surface area contributed by atoms with Gasteiger partial charge in [-0.15, -0.1) is 0 Å². The zero-order valence-electron chi connectivity index (χ0n) is 17.9. The molecule has 1 unspecified atom stereocenters. The highest BCUT2D eigenvalue weighted by Gasteiger charge is 2.45. The standard InChI is InChI=1S/C24H17BrClFN4O3S/c25-15-2-1-3-18(12-15)28-21(32)13-20-23(34)30(19-10-8-17(27)9-11-19)24(35)31(20)29-22(33)14-4-6-16(26)7-5-14/h1-12,20H,13H2,(H,28,32)(H,29,33). The van der Waals surface area contributed by atoms with E-state index in [1.54, 1.807) is 30.3 Å². The maximum absolute atomic E-state index is 13.4. The number of carbonyl (C=O) groups excluding carboxylic acids is 3. The number of hydrazine groups is 1. The minimum Gasteiger partial charge on any atom is -0.326 e. The van der Waals surface area contributed by atoms with Crippen LogP contribution in [0.25, 0.3) is 0 Å². The molecule has 3 aromatic carbocycles. The molecule has 11 heteroatoms. The van der Waals surface area contributed by atoms with E-state index in [2.05, 4.69) is 26.7 Å². The van der Waals surface area contributed by atoms with Crippen LogP contribution in [0.4, 0.5) is 15.8 Å². The van der Waals surface area contributed by atoms with Crippen molar-refractivity contribution in [2.45, 2.75) is 12.5 Å². The molecule has 7 nitrogen and oxygen atoms in total. The van der Waals surface area contributed by atoms with Gasteiger partial charge in [-0.2, -0.15) is 0 Å². The molecule has 35 heavy (non-hydrogen) atoms. The lowest BCUT2D eigenvalue weighted by molar-refractivity contribution is -0.124. The average Bonchev–Trinajstić information content (AvgIpc) is 3.04. The van der Waals surface area contributed by atoms with Crippen molar-refractivity contribution in [1.29, 1.82) is 0 Å². The maximum Gasteiger partial charge on any atom is 0.269 e. The second-order valence-corrected chi connectivity index (χ2v) is 9.25. The fourth-order valence-electron chi connectivity index (χ4n) is 3.46. The van der Waals surface area contributed by atoms with Crippen LogP contribution in [-0.2, 0) is 9.59 Å². The molecule has 4 rings (SSSR count). The summed E-state index contributed by atoms with van der Waals surface area (Å²) < 4.78 is 14.2.